The molecule has 1 aliphatic rings. The van der Waals surface area contributed by atoms with Crippen molar-refractivity contribution >= 4 is 11.7 Å². The number of alkyl halides is 3. The lowest BCUT2D eigenvalue weighted by Gasteiger charge is -2.31. The van der Waals surface area contributed by atoms with Crippen LogP contribution in [0.1, 0.15) is 30.2 Å². The molecule has 1 aromatic heterocycles. The van der Waals surface area contributed by atoms with Gasteiger partial charge in [-0.05, 0) is 37.1 Å². The van der Waals surface area contributed by atoms with Crippen LogP contribution in [0.3, 0.4) is 0 Å². The molecule has 9 nitrogen and oxygen atoms in total. The van der Waals surface area contributed by atoms with Crippen LogP contribution in [0.4, 0.5) is 23.7 Å². The van der Waals surface area contributed by atoms with Gasteiger partial charge in [0.15, 0.2) is 11.5 Å². The molecular formula is C24H25F3N4O5. The Bertz CT molecular complexity index is 1190. The van der Waals surface area contributed by atoms with Gasteiger partial charge >= 0.3 is 12.2 Å². The molecule has 0 aliphatic carbocycles. The van der Waals surface area contributed by atoms with Crippen LogP contribution in [0.2, 0.25) is 0 Å². The summed E-state index contributed by atoms with van der Waals surface area (Å²) in [6, 6.07) is 7.46. The number of piperidine rings is 1. The van der Waals surface area contributed by atoms with Crippen molar-refractivity contribution in [2.75, 3.05) is 39.7 Å². The minimum Gasteiger partial charge on any atom is -0.493 e. The van der Waals surface area contributed by atoms with E-state index in [2.05, 4.69) is 15.5 Å². The summed E-state index contributed by atoms with van der Waals surface area (Å²) in [5.74, 6) is 1.47. The van der Waals surface area contributed by atoms with Gasteiger partial charge in [-0.25, -0.2) is 4.79 Å². The summed E-state index contributed by atoms with van der Waals surface area (Å²) >= 11 is 0. The van der Waals surface area contributed by atoms with Crippen LogP contribution in [-0.4, -0.2) is 55.5 Å². The number of methoxy groups -OCH3 is 3. The topological polar surface area (TPSA) is 99.0 Å². The van der Waals surface area contributed by atoms with Gasteiger partial charge < -0.3 is 28.8 Å². The molecule has 4 rings (SSSR count). The van der Waals surface area contributed by atoms with Gasteiger partial charge in [0.1, 0.15) is 0 Å². The maximum absolute atomic E-state index is 13.0. The van der Waals surface area contributed by atoms with Gasteiger partial charge in [-0.3, -0.25) is 0 Å². The maximum Gasteiger partial charge on any atom is 0.416 e. The average molecular weight is 506 g/mol. The van der Waals surface area contributed by atoms with E-state index < -0.39 is 11.7 Å². The van der Waals surface area contributed by atoms with Crippen molar-refractivity contribution in [2.45, 2.75) is 24.9 Å². The van der Waals surface area contributed by atoms with Gasteiger partial charge in [-0.15, -0.1) is 10.2 Å². The van der Waals surface area contributed by atoms with Crippen LogP contribution >= 0.6 is 0 Å². The number of carbonyl (C=O) groups is 1. The van der Waals surface area contributed by atoms with E-state index in [0.29, 0.717) is 53.9 Å². The number of rotatable bonds is 6. The molecule has 12 heteroatoms. The van der Waals surface area contributed by atoms with Crippen LogP contribution in [0.15, 0.2) is 40.8 Å². The predicted octanol–water partition coefficient (Wildman–Crippen LogP) is 5.19. The number of nitrogens with one attached hydrogen (secondary N) is 1. The number of aromatic nitrogens is 2. The first-order valence-corrected chi connectivity index (χ1v) is 11.1. The third kappa shape index (κ3) is 5.31. The summed E-state index contributed by atoms with van der Waals surface area (Å²) in [5, 5.41) is 10.9. The Hall–Kier alpha value is -3.96. The van der Waals surface area contributed by atoms with Crippen molar-refractivity contribution in [2.24, 2.45) is 0 Å². The molecule has 1 aliphatic heterocycles. The second kappa shape index (κ2) is 10.3. The monoisotopic (exact) mass is 506 g/mol. The molecule has 1 N–H and O–H groups in total. The number of carbonyl (C=O) groups excluding carboxylic acids is 1. The zero-order valence-corrected chi connectivity index (χ0v) is 19.9. The van der Waals surface area contributed by atoms with Gasteiger partial charge in [-0.1, -0.05) is 0 Å². The van der Waals surface area contributed by atoms with Crippen LogP contribution in [0.25, 0.3) is 11.5 Å². The molecule has 192 valence electrons. The van der Waals surface area contributed by atoms with E-state index in [4.69, 9.17) is 18.6 Å². The van der Waals surface area contributed by atoms with E-state index >= 15 is 0 Å². The lowest BCUT2D eigenvalue weighted by Crippen LogP contribution is -2.41. The number of ether oxygens (including phenoxy) is 3. The Labute approximate surface area is 205 Å². The third-order valence-corrected chi connectivity index (χ3v) is 5.87. The van der Waals surface area contributed by atoms with Crippen LogP contribution in [0, 0.1) is 0 Å². The summed E-state index contributed by atoms with van der Waals surface area (Å²) in [6.45, 7) is 0.873. The number of amides is 2. The van der Waals surface area contributed by atoms with Crippen molar-refractivity contribution in [3.63, 3.8) is 0 Å². The molecule has 1 saturated heterocycles. The fourth-order valence-corrected chi connectivity index (χ4v) is 4.04. The standard InChI is InChI=1S/C24H25F3N4O5/c1-33-18-11-17(12-19(34-2)20(18)35-3)28-23(32)31-10-4-5-15(13-31)22-30-29-21(36-22)14-6-8-16(9-7-14)24(25,26)27/h6-9,11-12,15H,4-5,10,13H2,1-3H3,(H,28,32). The maximum atomic E-state index is 13.0. The van der Waals surface area contributed by atoms with Crippen molar-refractivity contribution in [1.82, 2.24) is 15.1 Å². The molecule has 2 heterocycles. The molecule has 3 aromatic rings. The van der Waals surface area contributed by atoms with Gasteiger partial charge in [0.2, 0.25) is 17.5 Å². The first-order chi connectivity index (χ1) is 17.2. The summed E-state index contributed by atoms with van der Waals surface area (Å²) in [6.07, 6.45) is -2.99. The Morgan fingerprint density at radius 1 is 1.06 bits per heavy atom. The van der Waals surface area contributed by atoms with Gasteiger partial charge in [0.25, 0.3) is 0 Å². The van der Waals surface area contributed by atoms with Gasteiger partial charge in [0, 0.05) is 30.8 Å². The summed E-state index contributed by atoms with van der Waals surface area (Å²) in [4.78, 5) is 14.6. The Kier molecular flexibility index (Phi) is 7.22. The van der Waals surface area contributed by atoms with E-state index in [0.717, 1.165) is 18.6 Å². The van der Waals surface area contributed by atoms with E-state index in [1.807, 2.05) is 0 Å². The fraction of sp³-hybridized carbons (Fsp3) is 0.375. The predicted molar refractivity (Wildman–Crippen MR) is 123 cm³/mol. The van der Waals surface area contributed by atoms with E-state index in [-0.39, 0.29) is 17.8 Å². The second-order valence-electron chi connectivity index (χ2n) is 8.15. The lowest BCUT2D eigenvalue weighted by molar-refractivity contribution is -0.137. The third-order valence-electron chi connectivity index (χ3n) is 5.87. The highest BCUT2D eigenvalue weighted by atomic mass is 19.4. The number of anilines is 1. The van der Waals surface area contributed by atoms with E-state index in [1.165, 1.54) is 33.5 Å². The van der Waals surface area contributed by atoms with Gasteiger partial charge in [0.05, 0.1) is 38.5 Å². The smallest absolute Gasteiger partial charge is 0.416 e. The van der Waals surface area contributed by atoms with Crippen molar-refractivity contribution < 1.29 is 36.6 Å². The number of hydrogen-bond donors (Lipinski definition) is 1. The number of likely N-dealkylation sites (tertiary alicyclic amines) is 1. The molecule has 0 spiro atoms. The molecule has 0 radical (unpaired) electrons. The zero-order chi connectivity index (χ0) is 25.9. The Balaban J connectivity index is 1.45. The summed E-state index contributed by atoms with van der Waals surface area (Å²) in [7, 11) is 4.47. The Morgan fingerprint density at radius 2 is 1.72 bits per heavy atom. The first kappa shape index (κ1) is 25.1. The van der Waals surface area contributed by atoms with Crippen molar-refractivity contribution in [3.05, 3.63) is 47.9 Å². The van der Waals surface area contributed by atoms with Crippen molar-refractivity contribution in [3.8, 4) is 28.7 Å². The number of hydrogen-bond acceptors (Lipinski definition) is 7. The molecule has 0 bridgehead atoms. The van der Waals surface area contributed by atoms with Crippen LogP contribution in [0.5, 0.6) is 17.2 Å². The minimum atomic E-state index is -4.42. The number of nitrogens with zero attached hydrogens (tertiary/aromatic N) is 3. The van der Waals surface area contributed by atoms with Crippen molar-refractivity contribution in [1.29, 1.82) is 0 Å². The molecule has 2 amide bonds. The number of benzene rings is 2. The molecule has 1 atom stereocenters. The highest BCUT2D eigenvalue weighted by Crippen LogP contribution is 2.40. The fourth-order valence-electron chi connectivity index (χ4n) is 4.04. The Morgan fingerprint density at radius 3 is 2.31 bits per heavy atom. The minimum absolute atomic E-state index is 0.123. The largest absolute Gasteiger partial charge is 0.493 e. The highest BCUT2D eigenvalue weighted by molar-refractivity contribution is 5.90. The molecule has 0 saturated carbocycles. The van der Waals surface area contributed by atoms with Gasteiger partial charge in [-0.2, -0.15) is 13.2 Å². The lowest BCUT2D eigenvalue weighted by atomic mass is 9.98. The first-order valence-electron chi connectivity index (χ1n) is 11.1. The number of urea groups is 1. The molecule has 1 unspecified atom stereocenters. The van der Waals surface area contributed by atoms with E-state index in [9.17, 15) is 18.0 Å². The zero-order valence-electron chi connectivity index (χ0n) is 19.9. The summed E-state index contributed by atoms with van der Waals surface area (Å²) < 4.78 is 60.2. The number of halogens is 3. The van der Waals surface area contributed by atoms with E-state index in [1.54, 1.807) is 17.0 Å². The molecule has 1 fully saturated rings. The average Bonchev–Trinajstić information content (AvgIpc) is 3.38. The second-order valence-corrected chi connectivity index (χ2v) is 8.15. The SMILES string of the molecule is COc1cc(NC(=O)N2CCCC(c3nnc(-c4ccc(C(F)(F)F)cc4)o3)C2)cc(OC)c1OC. The van der Waals surface area contributed by atoms with Crippen LogP contribution < -0.4 is 19.5 Å². The molecule has 2 aromatic carbocycles. The normalized spacial score (nSPS) is 15.9. The highest BCUT2D eigenvalue weighted by Gasteiger charge is 2.31. The molecule has 36 heavy (non-hydrogen) atoms. The quantitative estimate of drug-likeness (QED) is 0.491. The molecular weight excluding hydrogens is 481 g/mol. The summed E-state index contributed by atoms with van der Waals surface area (Å²) in [5.41, 5.74) is 0.0978. The van der Waals surface area contributed by atoms with Crippen LogP contribution in [-0.2, 0) is 6.18 Å².